The van der Waals surface area contributed by atoms with Gasteiger partial charge < -0.3 is 25.8 Å². The topological polar surface area (TPSA) is 142 Å². The van der Waals surface area contributed by atoms with Crippen molar-refractivity contribution in [2.24, 2.45) is 11.6 Å². The van der Waals surface area contributed by atoms with Crippen LogP contribution in [0.25, 0.3) is 0 Å². The Morgan fingerprint density at radius 1 is 1.29 bits per heavy atom. The summed E-state index contributed by atoms with van der Waals surface area (Å²) in [7, 11) is 1.40. The molecule has 0 aliphatic rings. The fraction of sp³-hybridized carbons (Fsp3) is 0.462. The standard InChI is InChI=1S/C11H17N3O5.C2H6/c1-19-5-7(12)11(18)14(13)4-6-2-3-8(15)10(17)9(6)16;1-2/h2-3,7,15-17H,4-5,12-13H2,1H3;1-2H3. The zero-order valence-corrected chi connectivity index (χ0v) is 12.4. The first-order valence-electron chi connectivity index (χ1n) is 6.41. The van der Waals surface area contributed by atoms with Gasteiger partial charge in [0.1, 0.15) is 6.04 Å². The molecular formula is C13H23N3O5. The summed E-state index contributed by atoms with van der Waals surface area (Å²) >= 11 is 0. The lowest BCUT2D eigenvalue weighted by Gasteiger charge is -2.21. The van der Waals surface area contributed by atoms with E-state index in [4.69, 9.17) is 21.4 Å². The molecule has 21 heavy (non-hydrogen) atoms. The summed E-state index contributed by atoms with van der Waals surface area (Å²) in [6, 6.07) is 1.60. The SMILES string of the molecule is CC.COCC(N)C(=O)N(N)Cc1ccc(O)c(O)c1O. The lowest BCUT2D eigenvalue weighted by Crippen LogP contribution is -2.48. The highest BCUT2D eigenvalue weighted by Crippen LogP contribution is 2.37. The molecule has 1 atom stereocenters. The molecule has 1 aromatic rings. The highest BCUT2D eigenvalue weighted by molar-refractivity contribution is 5.81. The van der Waals surface area contributed by atoms with Crippen LogP contribution in [0.4, 0.5) is 0 Å². The Morgan fingerprint density at radius 3 is 2.38 bits per heavy atom. The van der Waals surface area contributed by atoms with E-state index in [1.807, 2.05) is 13.8 Å². The number of ether oxygens (including phenoxy) is 1. The van der Waals surface area contributed by atoms with Crippen molar-refractivity contribution in [3.8, 4) is 17.2 Å². The van der Waals surface area contributed by atoms with Crippen LogP contribution in [0.2, 0.25) is 0 Å². The molecule has 0 aliphatic carbocycles. The molecule has 0 saturated heterocycles. The molecule has 120 valence electrons. The third-order valence-electron chi connectivity index (χ3n) is 2.50. The van der Waals surface area contributed by atoms with Gasteiger partial charge in [0.05, 0.1) is 13.2 Å². The molecule has 0 bridgehead atoms. The number of carbonyl (C=O) groups excluding carboxylic acids is 1. The average molecular weight is 301 g/mol. The predicted octanol–water partition coefficient (Wildman–Crippen LogP) is 0.00560. The van der Waals surface area contributed by atoms with Crippen molar-refractivity contribution in [3.63, 3.8) is 0 Å². The number of hydrogen-bond acceptors (Lipinski definition) is 7. The number of hydrogen-bond donors (Lipinski definition) is 5. The van der Waals surface area contributed by atoms with Gasteiger partial charge in [0.25, 0.3) is 5.91 Å². The lowest BCUT2D eigenvalue weighted by molar-refractivity contribution is -0.134. The van der Waals surface area contributed by atoms with E-state index in [0.717, 1.165) is 5.01 Å². The number of methoxy groups -OCH3 is 1. The van der Waals surface area contributed by atoms with Crippen LogP contribution in [0.5, 0.6) is 17.2 Å². The quantitative estimate of drug-likeness (QED) is 0.223. The van der Waals surface area contributed by atoms with Crippen LogP contribution >= 0.6 is 0 Å². The molecule has 8 nitrogen and oxygen atoms in total. The minimum atomic E-state index is -0.914. The molecule has 1 rings (SSSR count). The Bertz CT molecular complexity index is 467. The van der Waals surface area contributed by atoms with Crippen LogP contribution in [-0.4, -0.2) is 46.0 Å². The third kappa shape index (κ3) is 5.10. The zero-order valence-electron chi connectivity index (χ0n) is 12.4. The van der Waals surface area contributed by atoms with Crippen LogP contribution in [0, 0.1) is 0 Å². The Kier molecular flexibility index (Phi) is 8.14. The molecule has 0 saturated carbocycles. The summed E-state index contributed by atoms with van der Waals surface area (Å²) < 4.78 is 4.73. The van der Waals surface area contributed by atoms with Crippen LogP contribution < -0.4 is 11.6 Å². The molecule has 1 amide bonds. The first-order chi connectivity index (χ1) is 9.88. The van der Waals surface area contributed by atoms with Crippen LogP contribution in [0.1, 0.15) is 19.4 Å². The molecule has 0 aliphatic heterocycles. The van der Waals surface area contributed by atoms with E-state index < -0.39 is 29.2 Å². The Labute approximate surface area is 123 Å². The predicted molar refractivity (Wildman–Crippen MR) is 77.4 cm³/mol. The fourth-order valence-electron chi connectivity index (χ4n) is 1.46. The fourth-order valence-corrected chi connectivity index (χ4v) is 1.46. The van der Waals surface area contributed by atoms with Crippen molar-refractivity contribution in [1.29, 1.82) is 0 Å². The molecule has 0 spiro atoms. The summed E-state index contributed by atoms with van der Waals surface area (Å²) in [6.45, 7) is 3.84. The highest BCUT2D eigenvalue weighted by Gasteiger charge is 2.20. The number of amides is 1. The zero-order chi connectivity index (χ0) is 16.6. The monoisotopic (exact) mass is 301 g/mol. The molecule has 8 heteroatoms. The molecule has 1 aromatic carbocycles. The summed E-state index contributed by atoms with van der Waals surface area (Å²) in [4.78, 5) is 11.7. The van der Waals surface area contributed by atoms with Gasteiger partial charge in [0.15, 0.2) is 11.5 Å². The molecule has 7 N–H and O–H groups in total. The number of nitrogens with zero attached hydrogens (tertiary/aromatic N) is 1. The number of phenolic OH excluding ortho intramolecular Hbond substituents is 3. The largest absolute Gasteiger partial charge is 0.504 e. The summed E-state index contributed by atoms with van der Waals surface area (Å²) in [5.41, 5.74) is 5.70. The van der Waals surface area contributed by atoms with Gasteiger partial charge in [-0.3, -0.25) is 9.80 Å². The highest BCUT2D eigenvalue weighted by atomic mass is 16.5. The molecule has 0 radical (unpaired) electrons. The smallest absolute Gasteiger partial charge is 0.256 e. The van der Waals surface area contributed by atoms with Crippen molar-refractivity contribution >= 4 is 5.91 Å². The third-order valence-corrected chi connectivity index (χ3v) is 2.50. The van der Waals surface area contributed by atoms with Crippen molar-refractivity contribution in [1.82, 2.24) is 5.01 Å². The van der Waals surface area contributed by atoms with Crippen molar-refractivity contribution in [2.75, 3.05) is 13.7 Å². The molecule has 0 heterocycles. The first kappa shape index (κ1) is 19.0. The molecule has 0 fully saturated rings. The normalized spacial score (nSPS) is 11.3. The van der Waals surface area contributed by atoms with Gasteiger partial charge in [-0.2, -0.15) is 0 Å². The minimum Gasteiger partial charge on any atom is -0.504 e. The van der Waals surface area contributed by atoms with Crippen molar-refractivity contribution in [2.45, 2.75) is 26.4 Å². The maximum atomic E-state index is 11.7. The van der Waals surface area contributed by atoms with Gasteiger partial charge in [-0.25, -0.2) is 5.84 Å². The van der Waals surface area contributed by atoms with Crippen molar-refractivity contribution < 1.29 is 24.9 Å². The number of hydrazine groups is 1. The first-order valence-corrected chi connectivity index (χ1v) is 6.41. The van der Waals surface area contributed by atoms with E-state index in [-0.39, 0.29) is 18.7 Å². The number of benzene rings is 1. The van der Waals surface area contributed by atoms with E-state index in [1.54, 1.807) is 0 Å². The second-order valence-corrected chi connectivity index (χ2v) is 3.97. The average Bonchev–Trinajstić information content (AvgIpc) is 2.49. The molecular weight excluding hydrogens is 278 g/mol. The van der Waals surface area contributed by atoms with Gasteiger partial charge in [-0.15, -0.1) is 0 Å². The summed E-state index contributed by atoms with van der Waals surface area (Å²) in [6.07, 6.45) is 0. The van der Waals surface area contributed by atoms with E-state index >= 15 is 0 Å². The number of carbonyl (C=O) groups is 1. The number of phenols is 3. The van der Waals surface area contributed by atoms with E-state index in [0.29, 0.717) is 0 Å². The number of nitrogens with two attached hydrogens (primary N) is 2. The van der Waals surface area contributed by atoms with Gasteiger partial charge >= 0.3 is 0 Å². The summed E-state index contributed by atoms with van der Waals surface area (Å²) in [5, 5.41) is 28.9. The number of rotatable bonds is 5. The second kappa shape index (κ2) is 9.01. The van der Waals surface area contributed by atoms with Crippen LogP contribution in [0.15, 0.2) is 12.1 Å². The van der Waals surface area contributed by atoms with Crippen molar-refractivity contribution in [3.05, 3.63) is 17.7 Å². The van der Waals surface area contributed by atoms with Crippen LogP contribution in [0.3, 0.4) is 0 Å². The molecule has 0 aromatic heterocycles. The van der Waals surface area contributed by atoms with Crippen LogP contribution in [-0.2, 0) is 16.1 Å². The number of aromatic hydroxyl groups is 3. The second-order valence-electron chi connectivity index (χ2n) is 3.97. The van der Waals surface area contributed by atoms with Gasteiger partial charge in [0, 0.05) is 12.7 Å². The van der Waals surface area contributed by atoms with Gasteiger partial charge in [-0.1, -0.05) is 13.8 Å². The van der Waals surface area contributed by atoms with E-state index in [1.165, 1.54) is 19.2 Å². The lowest BCUT2D eigenvalue weighted by atomic mass is 10.1. The Morgan fingerprint density at radius 2 is 1.86 bits per heavy atom. The van der Waals surface area contributed by atoms with E-state index in [2.05, 4.69) is 0 Å². The molecule has 1 unspecified atom stereocenters. The maximum Gasteiger partial charge on any atom is 0.256 e. The summed E-state index contributed by atoms with van der Waals surface area (Å²) in [5.74, 6) is 3.28. The maximum absolute atomic E-state index is 11.7. The van der Waals surface area contributed by atoms with Gasteiger partial charge in [0.2, 0.25) is 5.75 Å². The van der Waals surface area contributed by atoms with Gasteiger partial charge in [-0.05, 0) is 12.1 Å². The van der Waals surface area contributed by atoms with E-state index in [9.17, 15) is 15.0 Å². The Balaban J connectivity index is 0.00000191. The minimum absolute atomic E-state index is 0.0132. The Hall–Kier alpha value is -2.03.